The van der Waals surface area contributed by atoms with Crippen LogP contribution in [-0.4, -0.2) is 22.1 Å². The van der Waals surface area contributed by atoms with E-state index >= 15 is 0 Å². The fourth-order valence-corrected chi connectivity index (χ4v) is 3.83. The summed E-state index contributed by atoms with van der Waals surface area (Å²) >= 11 is 1.42. The minimum atomic E-state index is -4.76. The number of rotatable bonds is 6. The van der Waals surface area contributed by atoms with Gasteiger partial charge in [0.25, 0.3) is 0 Å². The summed E-state index contributed by atoms with van der Waals surface area (Å²) in [7, 11) is 0. The summed E-state index contributed by atoms with van der Waals surface area (Å²) in [4.78, 5) is 15.7. The predicted molar refractivity (Wildman–Crippen MR) is 115 cm³/mol. The third kappa shape index (κ3) is 5.24. The molecule has 1 heterocycles. The molecule has 0 saturated heterocycles. The number of benzene rings is 2. The fraction of sp³-hybridized carbons (Fsp3) is 0.182. The second-order valence-corrected chi connectivity index (χ2v) is 7.71. The van der Waals surface area contributed by atoms with Gasteiger partial charge in [0.05, 0.1) is 27.2 Å². The second kappa shape index (κ2) is 8.81. The van der Waals surface area contributed by atoms with Gasteiger partial charge in [0.2, 0.25) is 0 Å². The number of aromatic nitrogens is 1. The Hall–Kier alpha value is -3.33. The lowest BCUT2D eigenvalue weighted by atomic mass is 10.1. The normalized spacial score (nSPS) is 12.6. The molecule has 0 aliphatic rings. The number of allylic oxidation sites excluding steroid dienone is 2. The van der Waals surface area contributed by atoms with Gasteiger partial charge in [0.15, 0.2) is 5.78 Å². The summed E-state index contributed by atoms with van der Waals surface area (Å²) in [6.45, 7) is 6.22. The zero-order chi connectivity index (χ0) is 22.8. The van der Waals surface area contributed by atoms with Gasteiger partial charge in [-0.15, -0.1) is 11.3 Å². The molecule has 0 spiro atoms. The van der Waals surface area contributed by atoms with Crippen molar-refractivity contribution in [2.75, 3.05) is 0 Å². The van der Waals surface area contributed by atoms with Crippen LogP contribution in [0.2, 0.25) is 0 Å². The predicted octanol–water partition coefficient (Wildman–Crippen LogP) is 6.91. The van der Waals surface area contributed by atoms with E-state index in [1.807, 2.05) is 13.0 Å². The smallest absolute Gasteiger partial charge is 0.418 e. The summed E-state index contributed by atoms with van der Waals surface area (Å²) in [5.41, 5.74) is 0.877. The largest absolute Gasteiger partial charge is 0.508 e. The molecule has 31 heavy (non-hydrogen) atoms. The van der Waals surface area contributed by atoms with Crippen molar-refractivity contribution in [2.24, 2.45) is 10.2 Å². The Morgan fingerprint density at radius 1 is 1.26 bits per heavy atom. The van der Waals surface area contributed by atoms with Gasteiger partial charge in [0, 0.05) is 5.56 Å². The molecule has 0 saturated carbocycles. The maximum atomic E-state index is 13.2. The molecular weight excluding hydrogens is 427 g/mol. The van der Waals surface area contributed by atoms with E-state index in [2.05, 4.69) is 21.8 Å². The van der Waals surface area contributed by atoms with E-state index in [0.717, 1.165) is 33.3 Å². The number of aryl methyl sites for hydroxylation is 1. The number of carbonyl (C=O) groups excluding carboxylic acids is 1. The SMILES string of the molecule is C=C(N=Nc1ccc(-c2nc3ccc(O)cc3s2)cc1CC)/C(=C\C(C)=O)C(F)(F)F. The second-order valence-electron chi connectivity index (χ2n) is 6.68. The van der Waals surface area contributed by atoms with Crippen LogP contribution in [0.4, 0.5) is 18.9 Å². The molecule has 9 heteroatoms. The van der Waals surface area contributed by atoms with Gasteiger partial charge in [-0.3, -0.25) is 4.79 Å². The average molecular weight is 445 g/mol. The summed E-state index contributed by atoms with van der Waals surface area (Å²) in [5, 5.41) is 17.9. The van der Waals surface area contributed by atoms with Gasteiger partial charge in [-0.1, -0.05) is 13.5 Å². The highest BCUT2D eigenvalue weighted by Gasteiger charge is 2.36. The zero-order valence-corrected chi connectivity index (χ0v) is 17.5. The molecule has 3 rings (SSSR count). The molecule has 0 aliphatic heterocycles. The van der Waals surface area contributed by atoms with Crippen LogP contribution in [0.25, 0.3) is 20.8 Å². The number of halogens is 3. The van der Waals surface area contributed by atoms with Crippen LogP contribution < -0.4 is 0 Å². The standard InChI is InChI=1S/C22H18F3N3O2S/c1-4-14-10-15(21-26-19-8-6-16(30)11-20(19)31-21)5-7-18(14)28-27-13(3)17(9-12(2)29)22(23,24)25/h5-11,30H,3-4H2,1-2H3/b17-9+,28-27?. The van der Waals surface area contributed by atoms with Crippen molar-refractivity contribution in [3.63, 3.8) is 0 Å². The number of carbonyl (C=O) groups is 1. The van der Waals surface area contributed by atoms with Gasteiger partial charge >= 0.3 is 6.18 Å². The lowest BCUT2D eigenvalue weighted by Gasteiger charge is -2.10. The van der Waals surface area contributed by atoms with Gasteiger partial charge in [-0.25, -0.2) is 4.98 Å². The van der Waals surface area contributed by atoms with Crippen molar-refractivity contribution in [1.29, 1.82) is 0 Å². The van der Waals surface area contributed by atoms with E-state index in [1.54, 1.807) is 30.3 Å². The third-order valence-electron chi connectivity index (χ3n) is 4.32. The van der Waals surface area contributed by atoms with Crippen molar-refractivity contribution in [2.45, 2.75) is 26.4 Å². The first-order valence-electron chi connectivity index (χ1n) is 9.21. The minimum Gasteiger partial charge on any atom is -0.508 e. The van der Waals surface area contributed by atoms with E-state index < -0.39 is 23.2 Å². The summed E-state index contributed by atoms with van der Waals surface area (Å²) in [5.74, 6) is -0.601. The molecule has 0 aliphatic carbocycles. The van der Waals surface area contributed by atoms with Crippen molar-refractivity contribution >= 4 is 33.0 Å². The van der Waals surface area contributed by atoms with Gasteiger partial charge in [-0.05, 0) is 61.4 Å². The summed E-state index contributed by atoms with van der Waals surface area (Å²) < 4.78 is 40.3. The lowest BCUT2D eigenvalue weighted by molar-refractivity contribution is -0.114. The topological polar surface area (TPSA) is 74.9 Å². The first-order valence-corrected chi connectivity index (χ1v) is 10.0. The van der Waals surface area contributed by atoms with Crippen molar-refractivity contribution in [3.8, 4) is 16.3 Å². The number of azo groups is 1. The molecule has 5 nitrogen and oxygen atoms in total. The van der Waals surface area contributed by atoms with E-state index in [9.17, 15) is 23.1 Å². The van der Waals surface area contributed by atoms with Crippen molar-refractivity contribution < 1.29 is 23.1 Å². The number of phenols is 1. The highest BCUT2D eigenvalue weighted by molar-refractivity contribution is 7.21. The maximum Gasteiger partial charge on any atom is 0.418 e. The molecule has 1 aromatic heterocycles. The highest BCUT2D eigenvalue weighted by Crippen LogP contribution is 2.35. The Balaban J connectivity index is 1.92. The maximum absolute atomic E-state index is 13.2. The Morgan fingerprint density at radius 3 is 2.65 bits per heavy atom. The Morgan fingerprint density at radius 2 is 2.00 bits per heavy atom. The average Bonchev–Trinajstić information content (AvgIpc) is 3.12. The number of ketones is 1. The summed E-state index contributed by atoms with van der Waals surface area (Å²) in [6, 6.07) is 10.2. The first kappa shape index (κ1) is 22.4. The number of thiazole rings is 1. The Labute approximate surface area is 180 Å². The molecule has 0 unspecified atom stereocenters. The van der Waals surface area contributed by atoms with Gasteiger partial charge in [0.1, 0.15) is 10.8 Å². The van der Waals surface area contributed by atoms with Crippen LogP contribution in [0.5, 0.6) is 5.75 Å². The monoisotopic (exact) mass is 445 g/mol. The van der Waals surface area contributed by atoms with E-state index in [1.165, 1.54) is 11.3 Å². The fourth-order valence-electron chi connectivity index (χ4n) is 2.84. The van der Waals surface area contributed by atoms with Gasteiger partial charge < -0.3 is 5.11 Å². The third-order valence-corrected chi connectivity index (χ3v) is 5.39. The van der Waals surface area contributed by atoms with Crippen LogP contribution in [0.1, 0.15) is 19.4 Å². The molecular formula is C22H18F3N3O2S. The molecule has 0 bridgehead atoms. The van der Waals surface area contributed by atoms with Crippen LogP contribution in [-0.2, 0) is 11.2 Å². The number of fused-ring (bicyclic) bond motifs is 1. The van der Waals surface area contributed by atoms with Crippen LogP contribution in [0, 0.1) is 0 Å². The molecule has 160 valence electrons. The van der Waals surface area contributed by atoms with E-state index in [0.29, 0.717) is 18.2 Å². The van der Waals surface area contributed by atoms with E-state index in [4.69, 9.17) is 0 Å². The van der Waals surface area contributed by atoms with Crippen LogP contribution in [0.15, 0.2) is 70.6 Å². The number of aromatic hydroxyl groups is 1. The highest BCUT2D eigenvalue weighted by atomic mass is 32.1. The van der Waals surface area contributed by atoms with E-state index in [-0.39, 0.29) is 5.75 Å². The molecule has 0 fully saturated rings. The summed E-state index contributed by atoms with van der Waals surface area (Å²) in [6.07, 6.45) is -3.74. The zero-order valence-electron chi connectivity index (χ0n) is 16.7. The Bertz CT molecular complexity index is 1230. The first-order chi connectivity index (χ1) is 14.6. The van der Waals surface area contributed by atoms with Crippen molar-refractivity contribution in [3.05, 3.63) is 65.9 Å². The lowest BCUT2D eigenvalue weighted by Crippen LogP contribution is -2.14. The molecule has 0 amide bonds. The molecule has 2 aromatic carbocycles. The molecule has 0 atom stereocenters. The number of hydrogen-bond donors (Lipinski definition) is 1. The molecule has 1 N–H and O–H groups in total. The molecule has 0 radical (unpaired) electrons. The Kier molecular flexibility index (Phi) is 6.35. The minimum absolute atomic E-state index is 0.157. The van der Waals surface area contributed by atoms with Crippen LogP contribution >= 0.6 is 11.3 Å². The molecule has 3 aromatic rings. The quantitative estimate of drug-likeness (QED) is 0.255. The number of hydrogen-bond acceptors (Lipinski definition) is 6. The van der Waals surface area contributed by atoms with Crippen LogP contribution in [0.3, 0.4) is 0 Å². The number of phenolic OH excluding ortho intramolecular Hbond substituents is 1. The van der Waals surface area contributed by atoms with Gasteiger partial charge in [-0.2, -0.15) is 23.4 Å². The number of alkyl halides is 3. The van der Waals surface area contributed by atoms with Crippen molar-refractivity contribution in [1.82, 2.24) is 4.98 Å². The number of nitrogens with zero attached hydrogens (tertiary/aromatic N) is 3.